The number of carbonyl (C=O) groups excluding carboxylic acids is 1. The molecule has 0 unspecified atom stereocenters. The molecule has 0 radical (unpaired) electrons. The second kappa shape index (κ2) is 8.06. The summed E-state index contributed by atoms with van der Waals surface area (Å²) >= 11 is 7.33. The van der Waals surface area contributed by atoms with Crippen LogP contribution in [-0.2, 0) is 6.54 Å². The molecule has 0 fully saturated rings. The maximum Gasteiger partial charge on any atom is 0.262 e. The summed E-state index contributed by atoms with van der Waals surface area (Å²) in [6.07, 6.45) is 0. The molecule has 0 spiro atoms. The number of rotatable bonds is 6. The number of carbonyl (C=O) groups is 1. The van der Waals surface area contributed by atoms with E-state index in [2.05, 4.69) is 4.98 Å². The van der Waals surface area contributed by atoms with Crippen LogP contribution in [-0.4, -0.2) is 21.1 Å². The molecule has 0 atom stereocenters. The number of Topliss-reactive ketones (excluding diaryl/α,β-unsaturated/α-hetero) is 1. The van der Waals surface area contributed by atoms with E-state index in [-0.39, 0.29) is 23.0 Å². The molecule has 3 rings (SSSR count). The number of halogens is 1. The van der Waals surface area contributed by atoms with E-state index in [1.807, 2.05) is 32.0 Å². The van der Waals surface area contributed by atoms with E-state index in [0.29, 0.717) is 33.2 Å². The maximum atomic E-state index is 12.9. The van der Waals surface area contributed by atoms with E-state index in [1.54, 1.807) is 34.9 Å². The minimum absolute atomic E-state index is 0.0112. The van der Waals surface area contributed by atoms with Crippen LogP contribution in [0.5, 0.6) is 0 Å². The molecule has 0 aliphatic carbocycles. The van der Waals surface area contributed by atoms with Gasteiger partial charge in [0.05, 0.1) is 16.7 Å². The van der Waals surface area contributed by atoms with Crippen LogP contribution in [0.1, 0.15) is 24.2 Å². The summed E-state index contributed by atoms with van der Waals surface area (Å²) in [5.41, 5.74) is 1.13. The van der Waals surface area contributed by atoms with Crippen LogP contribution < -0.4 is 5.56 Å². The van der Waals surface area contributed by atoms with Crippen LogP contribution >= 0.6 is 23.4 Å². The summed E-state index contributed by atoms with van der Waals surface area (Å²) in [4.78, 5) is 29.9. The summed E-state index contributed by atoms with van der Waals surface area (Å²) in [5, 5.41) is 1.56. The van der Waals surface area contributed by atoms with E-state index in [4.69, 9.17) is 11.6 Å². The van der Waals surface area contributed by atoms with Gasteiger partial charge in [0.2, 0.25) is 0 Å². The first-order valence-corrected chi connectivity index (χ1v) is 9.73. The molecule has 26 heavy (non-hydrogen) atoms. The van der Waals surface area contributed by atoms with Crippen LogP contribution in [0.3, 0.4) is 0 Å². The number of hydrogen-bond donors (Lipinski definition) is 0. The van der Waals surface area contributed by atoms with Gasteiger partial charge in [-0.05, 0) is 24.1 Å². The first-order valence-electron chi connectivity index (χ1n) is 8.37. The van der Waals surface area contributed by atoms with E-state index in [9.17, 15) is 9.59 Å². The first-order chi connectivity index (χ1) is 12.5. The summed E-state index contributed by atoms with van der Waals surface area (Å²) < 4.78 is 1.65. The van der Waals surface area contributed by atoms with Gasteiger partial charge in [-0.2, -0.15) is 0 Å². The van der Waals surface area contributed by atoms with Gasteiger partial charge in [-0.1, -0.05) is 67.5 Å². The minimum Gasteiger partial charge on any atom is -0.293 e. The van der Waals surface area contributed by atoms with Gasteiger partial charge in [0.25, 0.3) is 5.56 Å². The minimum atomic E-state index is -0.124. The van der Waals surface area contributed by atoms with Gasteiger partial charge in [0.1, 0.15) is 0 Å². The summed E-state index contributed by atoms with van der Waals surface area (Å²) in [6, 6.07) is 14.2. The number of fused-ring (bicyclic) bond motifs is 1. The monoisotopic (exact) mass is 386 g/mol. The summed E-state index contributed by atoms with van der Waals surface area (Å²) in [6.45, 7) is 4.62. The molecule has 0 aliphatic rings. The molecule has 1 aromatic heterocycles. The lowest BCUT2D eigenvalue weighted by Crippen LogP contribution is -2.25. The van der Waals surface area contributed by atoms with Crippen molar-refractivity contribution >= 4 is 40.0 Å². The lowest BCUT2D eigenvalue weighted by Gasteiger charge is -2.15. The molecule has 134 valence electrons. The maximum absolute atomic E-state index is 12.9. The quantitative estimate of drug-likeness (QED) is 0.350. The molecule has 0 aliphatic heterocycles. The van der Waals surface area contributed by atoms with Crippen molar-refractivity contribution in [3.8, 4) is 0 Å². The fourth-order valence-corrected chi connectivity index (χ4v) is 3.72. The van der Waals surface area contributed by atoms with E-state index >= 15 is 0 Å². The SMILES string of the molecule is CC(C)Cn1c(SCC(=O)c2ccccc2)nc2ccc(Cl)cc2c1=O. The van der Waals surface area contributed by atoms with Gasteiger partial charge >= 0.3 is 0 Å². The van der Waals surface area contributed by atoms with Gasteiger partial charge in [-0.3, -0.25) is 14.2 Å². The largest absolute Gasteiger partial charge is 0.293 e. The van der Waals surface area contributed by atoms with E-state index in [1.165, 1.54) is 11.8 Å². The lowest BCUT2D eigenvalue weighted by atomic mass is 10.2. The molecular formula is C20H19ClN2O2S. The highest BCUT2D eigenvalue weighted by atomic mass is 35.5. The van der Waals surface area contributed by atoms with Crippen LogP contribution in [0.2, 0.25) is 5.02 Å². The van der Waals surface area contributed by atoms with Crippen molar-refractivity contribution in [1.29, 1.82) is 0 Å². The van der Waals surface area contributed by atoms with E-state index < -0.39 is 0 Å². The zero-order valence-electron chi connectivity index (χ0n) is 14.6. The predicted octanol–water partition coefficient (Wildman–Crippen LogP) is 4.68. The van der Waals surface area contributed by atoms with Crippen molar-refractivity contribution in [2.24, 2.45) is 5.92 Å². The molecule has 4 nitrogen and oxygen atoms in total. The molecule has 1 heterocycles. The number of aromatic nitrogens is 2. The van der Waals surface area contributed by atoms with Gasteiger partial charge in [0.15, 0.2) is 10.9 Å². The van der Waals surface area contributed by atoms with Crippen LogP contribution in [0, 0.1) is 5.92 Å². The lowest BCUT2D eigenvalue weighted by molar-refractivity contribution is 0.102. The first kappa shape index (κ1) is 18.7. The second-order valence-corrected chi connectivity index (χ2v) is 7.82. The average Bonchev–Trinajstić information content (AvgIpc) is 2.63. The topological polar surface area (TPSA) is 52.0 Å². The van der Waals surface area contributed by atoms with Crippen molar-refractivity contribution in [2.45, 2.75) is 25.5 Å². The van der Waals surface area contributed by atoms with Gasteiger partial charge in [-0.15, -0.1) is 0 Å². The molecule has 0 N–H and O–H groups in total. The Labute approximate surface area is 161 Å². The Balaban J connectivity index is 1.97. The third-order valence-electron chi connectivity index (χ3n) is 3.86. The van der Waals surface area contributed by atoms with Crippen LogP contribution in [0.4, 0.5) is 0 Å². The Morgan fingerprint density at radius 2 is 1.92 bits per heavy atom. The van der Waals surface area contributed by atoms with Crippen molar-refractivity contribution in [2.75, 3.05) is 5.75 Å². The Hall–Kier alpha value is -2.11. The fraction of sp³-hybridized carbons (Fsp3) is 0.250. The number of benzene rings is 2. The number of thioether (sulfide) groups is 1. The standard InChI is InChI=1S/C20H19ClN2O2S/c1-13(2)11-23-19(25)16-10-15(21)8-9-17(16)22-20(23)26-12-18(24)14-6-4-3-5-7-14/h3-10,13H,11-12H2,1-2H3. The summed E-state index contributed by atoms with van der Waals surface area (Å²) in [5.74, 6) is 0.514. The highest BCUT2D eigenvalue weighted by molar-refractivity contribution is 7.99. The molecule has 2 aromatic carbocycles. The van der Waals surface area contributed by atoms with E-state index in [0.717, 1.165) is 0 Å². The molecule has 0 amide bonds. The summed E-state index contributed by atoms with van der Waals surface area (Å²) in [7, 11) is 0. The normalized spacial score (nSPS) is 11.2. The zero-order valence-corrected chi connectivity index (χ0v) is 16.2. The Morgan fingerprint density at radius 1 is 1.19 bits per heavy atom. The second-order valence-electron chi connectivity index (χ2n) is 6.44. The van der Waals surface area contributed by atoms with Crippen molar-refractivity contribution in [3.63, 3.8) is 0 Å². The zero-order chi connectivity index (χ0) is 18.7. The Morgan fingerprint density at radius 3 is 2.62 bits per heavy atom. The number of hydrogen-bond acceptors (Lipinski definition) is 4. The fourth-order valence-electron chi connectivity index (χ4n) is 2.65. The number of nitrogens with zero attached hydrogens (tertiary/aromatic N) is 2. The Bertz CT molecular complexity index is 1000. The van der Waals surface area contributed by atoms with Crippen LogP contribution in [0.25, 0.3) is 10.9 Å². The van der Waals surface area contributed by atoms with Crippen molar-refractivity contribution < 1.29 is 4.79 Å². The highest BCUT2D eigenvalue weighted by Gasteiger charge is 2.15. The Kier molecular flexibility index (Phi) is 5.79. The molecule has 0 saturated heterocycles. The molecule has 6 heteroatoms. The third kappa shape index (κ3) is 4.17. The molecular weight excluding hydrogens is 368 g/mol. The van der Waals surface area contributed by atoms with Gasteiger partial charge in [0, 0.05) is 17.1 Å². The van der Waals surface area contributed by atoms with Gasteiger partial charge in [-0.25, -0.2) is 4.98 Å². The molecule has 0 saturated carbocycles. The van der Waals surface area contributed by atoms with Crippen LogP contribution in [0.15, 0.2) is 58.5 Å². The van der Waals surface area contributed by atoms with Crippen molar-refractivity contribution in [3.05, 3.63) is 69.5 Å². The van der Waals surface area contributed by atoms with Gasteiger partial charge < -0.3 is 0 Å². The molecule has 0 bridgehead atoms. The third-order valence-corrected chi connectivity index (χ3v) is 5.07. The van der Waals surface area contributed by atoms with Crippen molar-refractivity contribution in [1.82, 2.24) is 9.55 Å². The number of ketones is 1. The average molecular weight is 387 g/mol. The molecule has 3 aromatic rings. The smallest absolute Gasteiger partial charge is 0.262 e. The predicted molar refractivity (Wildman–Crippen MR) is 107 cm³/mol. The highest BCUT2D eigenvalue weighted by Crippen LogP contribution is 2.22.